The molecule has 0 bridgehead atoms. The lowest BCUT2D eigenvalue weighted by Crippen LogP contribution is -2.24. The summed E-state index contributed by atoms with van der Waals surface area (Å²) in [4.78, 5) is 0. The standard InChI is InChI=1S/C13H17BrFN/c14-10-7-4-8-11(15)12(10)13(16)9-5-2-1-3-6-9/h4,7-9,13H,1-3,5-6,16H2/t13-/m0/s1. The molecule has 3 heteroatoms. The van der Waals surface area contributed by atoms with Crippen molar-refractivity contribution in [3.8, 4) is 0 Å². The highest BCUT2D eigenvalue weighted by molar-refractivity contribution is 9.10. The van der Waals surface area contributed by atoms with E-state index < -0.39 is 0 Å². The van der Waals surface area contributed by atoms with Crippen molar-refractivity contribution < 1.29 is 4.39 Å². The number of rotatable bonds is 2. The highest BCUT2D eigenvalue weighted by Crippen LogP contribution is 2.36. The molecule has 1 atom stereocenters. The maximum absolute atomic E-state index is 13.7. The third-order valence-electron chi connectivity index (χ3n) is 3.49. The monoisotopic (exact) mass is 285 g/mol. The summed E-state index contributed by atoms with van der Waals surface area (Å²) in [6.07, 6.45) is 6.00. The van der Waals surface area contributed by atoms with Crippen molar-refractivity contribution in [1.82, 2.24) is 0 Å². The molecule has 0 aliphatic heterocycles. The minimum atomic E-state index is -0.188. The van der Waals surface area contributed by atoms with Gasteiger partial charge in [0.1, 0.15) is 5.82 Å². The van der Waals surface area contributed by atoms with Crippen LogP contribution >= 0.6 is 15.9 Å². The smallest absolute Gasteiger partial charge is 0.129 e. The topological polar surface area (TPSA) is 26.0 Å². The van der Waals surface area contributed by atoms with Gasteiger partial charge in [-0.15, -0.1) is 0 Å². The van der Waals surface area contributed by atoms with E-state index in [-0.39, 0.29) is 11.9 Å². The predicted octanol–water partition coefficient (Wildman–Crippen LogP) is 4.17. The van der Waals surface area contributed by atoms with E-state index in [0.29, 0.717) is 11.5 Å². The van der Waals surface area contributed by atoms with Crippen molar-refractivity contribution in [2.75, 3.05) is 0 Å². The highest BCUT2D eigenvalue weighted by Gasteiger charge is 2.25. The van der Waals surface area contributed by atoms with E-state index in [1.54, 1.807) is 6.07 Å². The van der Waals surface area contributed by atoms with Crippen molar-refractivity contribution in [3.63, 3.8) is 0 Å². The van der Waals surface area contributed by atoms with Gasteiger partial charge in [-0.25, -0.2) is 4.39 Å². The van der Waals surface area contributed by atoms with E-state index >= 15 is 0 Å². The molecular formula is C13H17BrFN. The van der Waals surface area contributed by atoms with Crippen LogP contribution in [0.3, 0.4) is 0 Å². The largest absolute Gasteiger partial charge is 0.324 e. The van der Waals surface area contributed by atoms with Crippen LogP contribution in [-0.4, -0.2) is 0 Å². The first-order valence-corrected chi connectivity index (χ1v) is 6.69. The van der Waals surface area contributed by atoms with Gasteiger partial charge in [0.05, 0.1) is 0 Å². The molecule has 2 rings (SSSR count). The Morgan fingerprint density at radius 1 is 1.25 bits per heavy atom. The quantitative estimate of drug-likeness (QED) is 0.867. The first-order valence-electron chi connectivity index (χ1n) is 5.89. The molecular weight excluding hydrogens is 269 g/mol. The summed E-state index contributed by atoms with van der Waals surface area (Å²) < 4.78 is 14.5. The molecule has 0 saturated heterocycles. The van der Waals surface area contributed by atoms with E-state index in [1.165, 1.54) is 25.3 Å². The van der Waals surface area contributed by atoms with Gasteiger partial charge in [-0.1, -0.05) is 41.3 Å². The molecule has 1 saturated carbocycles. The Hall–Kier alpha value is -0.410. The summed E-state index contributed by atoms with van der Waals surface area (Å²) in [5.41, 5.74) is 6.85. The van der Waals surface area contributed by atoms with Gasteiger partial charge in [0.25, 0.3) is 0 Å². The molecule has 0 spiro atoms. The number of hydrogen-bond donors (Lipinski definition) is 1. The molecule has 0 aromatic heterocycles. The van der Waals surface area contributed by atoms with Gasteiger partial charge in [0.2, 0.25) is 0 Å². The van der Waals surface area contributed by atoms with Crippen LogP contribution in [0.25, 0.3) is 0 Å². The molecule has 1 aliphatic carbocycles. The third kappa shape index (κ3) is 2.46. The second kappa shape index (κ2) is 5.28. The normalized spacial score (nSPS) is 19.7. The second-order valence-corrected chi connectivity index (χ2v) is 5.41. The van der Waals surface area contributed by atoms with E-state index in [4.69, 9.17) is 5.73 Å². The Morgan fingerprint density at radius 2 is 1.94 bits per heavy atom. The Morgan fingerprint density at radius 3 is 2.56 bits per heavy atom. The highest BCUT2D eigenvalue weighted by atomic mass is 79.9. The molecule has 1 aromatic rings. The predicted molar refractivity (Wildman–Crippen MR) is 67.6 cm³/mol. The SMILES string of the molecule is N[C@H](c1c(F)cccc1Br)C1CCCCC1. The molecule has 16 heavy (non-hydrogen) atoms. The van der Waals surface area contributed by atoms with Crippen LogP contribution in [0.15, 0.2) is 22.7 Å². The van der Waals surface area contributed by atoms with Crippen molar-refractivity contribution in [3.05, 3.63) is 34.1 Å². The van der Waals surface area contributed by atoms with Gasteiger partial charge in [-0.2, -0.15) is 0 Å². The van der Waals surface area contributed by atoms with Crippen molar-refractivity contribution in [2.24, 2.45) is 11.7 Å². The fraction of sp³-hybridized carbons (Fsp3) is 0.538. The first-order chi connectivity index (χ1) is 7.70. The van der Waals surface area contributed by atoms with Gasteiger partial charge in [0, 0.05) is 16.1 Å². The van der Waals surface area contributed by atoms with E-state index in [2.05, 4.69) is 15.9 Å². The lowest BCUT2D eigenvalue weighted by atomic mass is 9.81. The number of halogens is 2. The lowest BCUT2D eigenvalue weighted by Gasteiger charge is -2.28. The van der Waals surface area contributed by atoms with Crippen LogP contribution in [0, 0.1) is 11.7 Å². The fourth-order valence-corrected chi connectivity index (χ4v) is 3.16. The van der Waals surface area contributed by atoms with Crippen LogP contribution in [0.1, 0.15) is 43.7 Å². The zero-order chi connectivity index (χ0) is 11.5. The molecule has 0 amide bonds. The van der Waals surface area contributed by atoms with Crippen molar-refractivity contribution in [1.29, 1.82) is 0 Å². The second-order valence-electron chi connectivity index (χ2n) is 4.56. The van der Waals surface area contributed by atoms with Gasteiger partial charge in [-0.05, 0) is 30.9 Å². The fourth-order valence-electron chi connectivity index (χ4n) is 2.56. The molecule has 1 nitrogen and oxygen atoms in total. The van der Waals surface area contributed by atoms with Crippen LogP contribution in [-0.2, 0) is 0 Å². The number of nitrogens with two attached hydrogens (primary N) is 1. The molecule has 2 N–H and O–H groups in total. The summed E-state index contributed by atoms with van der Waals surface area (Å²) in [6, 6.07) is 4.89. The zero-order valence-corrected chi connectivity index (χ0v) is 10.8. The molecule has 1 fully saturated rings. The maximum Gasteiger partial charge on any atom is 0.129 e. The van der Waals surface area contributed by atoms with Gasteiger partial charge >= 0.3 is 0 Å². The summed E-state index contributed by atoms with van der Waals surface area (Å²) in [5.74, 6) is 0.245. The van der Waals surface area contributed by atoms with Gasteiger partial charge < -0.3 is 5.73 Å². The van der Waals surface area contributed by atoms with E-state index in [0.717, 1.165) is 17.3 Å². The van der Waals surface area contributed by atoms with Gasteiger partial charge in [0.15, 0.2) is 0 Å². The maximum atomic E-state index is 13.7. The average molecular weight is 286 g/mol. The lowest BCUT2D eigenvalue weighted by molar-refractivity contribution is 0.303. The molecule has 0 radical (unpaired) electrons. The summed E-state index contributed by atoms with van der Waals surface area (Å²) >= 11 is 3.39. The number of hydrogen-bond acceptors (Lipinski definition) is 1. The van der Waals surface area contributed by atoms with E-state index in [9.17, 15) is 4.39 Å². The Labute approximate surface area is 104 Å². The average Bonchev–Trinajstić information content (AvgIpc) is 2.30. The molecule has 0 unspecified atom stereocenters. The van der Waals surface area contributed by atoms with Crippen molar-refractivity contribution in [2.45, 2.75) is 38.1 Å². The van der Waals surface area contributed by atoms with Crippen LogP contribution in [0.2, 0.25) is 0 Å². The third-order valence-corrected chi connectivity index (χ3v) is 4.18. The molecule has 1 aliphatic rings. The molecule has 1 aromatic carbocycles. The summed E-state index contributed by atoms with van der Waals surface area (Å²) in [6.45, 7) is 0. The molecule has 88 valence electrons. The summed E-state index contributed by atoms with van der Waals surface area (Å²) in [7, 11) is 0. The van der Waals surface area contributed by atoms with Crippen LogP contribution in [0.5, 0.6) is 0 Å². The minimum absolute atomic E-state index is 0.170. The Bertz CT molecular complexity index is 341. The summed E-state index contributed by atoms with van der Waals surface area (Å²) in [5, 5.41) is 0. The van der Waals surface area contributed by atoms with Gasteiger partial charge in [-0.3, -0.25) is 0 Å². The van der Waals surface area contributed by atoms with E-state index in [1.807, 2.05) is 6.07 Å². The number of benzene rings is 1. The Balaban J connectivity index is 2.22. The van der Waals surface area contributed by atoms with Crippen LogP contribution in [0.4, 0.5) is 4.39 Å². The molecule has 0 heterocycles. The van der Waals surface area contributed by atoms with Crippen LogP contribution < -0.4 is 5.73 Å². The zero-order valence-electron chi connectivity index (χ0n) is 9.26. The Kier molecular flexibility index (Phi) is 3.98. The minimum Gasteiger partial charge on any atom is -0.324 e. The van der Waals surface area contributed by atoms with Crippen molar-refractivity contribution >= 4 is 15.9 Å². The first kappa shape index (κ1) is 12.1.